The first kappa shape index (κ1) is 20.5. The van der Waals surface area contributed by atoms with Gasteiger partial charge in [-0.3, -0.25) is 9.69 Å². The molecule has 0 bridgehead atoms. The molecule has 160 valence electrons. The Kier molecular flexibility index (Phi) is 5.38. The maximum atomic E-state index is 12.3. The third-order valence-corrected chi connectivity index (χ3v) is 4.89. The molecule has 0 saturated carbocycles. The summed E-state index contributed by atoms with van der Waals surface area (Å²) in [5.41, 5.74) is 7.13. The molecule has 1 aliphatic rings. The predicted octanol–water partition coefficient (Wildman–Crippen LogP) is 1.86. The lowest BCUT2D eigenvalue weighted by Crippen LogP contribution is -2.35. The molecule has 1 unspecified atom stereocenters. The van der Waals surface area contributed by atoms with E-state index in [1.165, 1.54) is 24.1 Å². The van der Waals surface area contributed by atoms with Crippen LogP contribution in [0, 0.1) is 0 Å². The minimum Gasteiger partial charge on any atom is -0.447 e. The van der Waals surface area contributed by atoms with E-state index in [2.05, 4.69) is 20.5 Å². The van der Waals surface area contributed by atoms with E-state index in [0.29, 0.717) is 18.5 Å². The number of carbonyl (C=O) groups excluding carboxylic acids is 2. The number of carbonyl (C=O) groups is 2. The fraction of sp³-hybridized carbons (Fsp3) is 0.286. The minimum absolute atomic E-state index is 0.0966. The maximum Gasteiger partial charge on any atom is 0.415 e. The summed E-state index contributed by atoms with van der Waals surface area (Å²) in [5, 5.41) is 10.7. The molecule has 3 aromatic rings. The van der Waals surface area contributed by atoms with Gasteiger partial charge in [-0.15, -0.1) is 10.2 Å². The third-order valence-electron chi connectivity index (χ3n) is 4.89. The Labute approximate surface area is 178 Å². The first-order valence-corrected chi connectivity index (χ1v) is 9.73. The molecule has 3 N–H and O–H groups in total. The van der Waals surface area contributed by atoms with Crippen molar-refractivity contribution in [2.24, 2.45) is 5.73 Å². The SMILES string of the molecule is CNC(=O)c1cc(-c2nnc(C(C)(N)Cc3ccccc3)o2)nc(N2CCOC2=O)c1. The fourth-order valence-corrected chi connectivity index (χ4v) is 3.29. The number of benzene rings is 1. The van der Waals surface area contributed by atoms with Crippen LogP contribution in [0.25, 0.3) is 11.6 Å². The second-order valence-corrected chi connectivity index (χ2v) is 7.44. The van der Waals surface area contributed by atoms with Crippen LogP contribution < -0.4 is 16.0 Å². The van der Waals surface area contributed by atoms with Crippen LogP contribution in [0.3, 0.4) is 0 Å². The predicted molar refractivity (Wildman–Crippen MR) is 111 cm³/mol. The molecule has 10 nitrogen and oxygen atoms in total. The maximum absolute atomic E-state index is 12.3. The number of hydrogen-bond donors (Lipinski definition) is 2. The Hall–Kier alpha value is -3.79. The average Bonchev–Trinajstić information content (AvgIpc) is 3.43. The van der Waals surface area contributed by atoms with Crippen molar-refractivity contribution in [3.05, 3.63) is 59.5 Å². The zero-order valence-corrected chi connectivity index (χ0v) is 17.2. The Bertz CT molecular complexity index is 1110. The lowest BCUT2D eigenvalue weighted by molar-refractivity contribution is 0.0963. The molecule has 0 spiro atoms. The lowest BCUT2D eigenvalue weighted by Gasteiger charge is -2.20. The van der Waals surface area contributed by atoms with E-state index < -0.39 is 11.6 Å². The number of rotatable bonds is 6. The van der Waals surface area contributed by atoms with E-state index in [0.717, 1.165) is 5.56 Å². The lowest BCUT2D eigenvalue weighted by atomic mass is 9.94. The summed E-state index contributed by atoms with van der Waals surface area (Å²) in [5.74, 6) is 0.253. The number of amides is 2. The van der Waals surface area contributed by atoms with Crippen LogP contribution in [0.5, 0.6) is 0 Å². The van der Waals surface area contributed by atoms with E-state index in [-0.39, 0.29) is 35.8 Å². The van der Waals surface area contributed by atoms with Gasteiger partial charge in [0.15, 0.2) is 0 Å². The number of nitrogens with two attached hydrogens (primary N) is 1. The molecular weight excluding hydrogens is 400 g/mol. The van der Waals surface area contributed by atoms with Gasteiger partial charge in [-0.05, 0) is 31.0 Å². The van der Waals surface area contributed by atoms with Crippen molar-refractivity contribution >= 4 is 17.8 Å². The van der Waals surface area contributed by atoms with Gasteiger partial charge in [-0.2, -0.15) is 0 Å². The first-order chi connectivity index (χ1) is 14.9. The molecule has 3 heterocycles. The van der Waals surface area contributed by atoms with Gasteiger partial charge in [0.2, 0.25) is 5.89 Å². The smallest absolute Gasteiger partial charge is 0.415 e. The first-order valence-electron chi connectivity index (χ1n) is 9.73. The second kappa shape index (κ2) is 8.15. The van der Waals surface area contributed by atoms with Crippen LogP contribution in [-0.4, -0.2) is 47.4 Å². The molecule has 0 aliphatic carbocycles. The van der Waals surface area contributed by atoms with E-state index in [9.17, 15) is 9.59 Å². The number of hydrogen-bond acceptors (Lipinski definition) is 8. The summed E-state index contributed by atoms with van der Waals surface area (Å²) in [6.07, 6.45) is -0.0393. The Balaban J connectivity index is 1.68. The minimum atomic E-state index is -0.910. The van der Waals surface area contributed by atoms with Crippen molar-refractivity contribution in [3.8, 4) is 11.6 Å². The molecule has 0 radical (unpaired) electrons. The Morgan fingerprint density at radius 3 is 2.71 bits per heavy atom. The molecule has 2 amide bonds. The number of nitrogens with zero attached hydrogens (tertiary/aromatic N) is 4. The van der Waals surface area contributed by atoms with E-state index >= 15 is 0 Å². The molecule has 1 aliphatic heterocycles. The topological polar surface area (TPSA) is 136 Å². The van der Waals surface area contributed by atoms with Crippen LogP contribution in [-0.2, 0) is 16.7 Å². The van der Waals surface area contributed by atoms with Crippen LogP contribution in [0.15, 0.2) is 46.9 Å². The van der Waals surface area contributed by atoms with Crippen molar-refractivity contribution in [1.29, 1.82) is 0 Å². The van der Waals surface area contributed by atoms with Crippen LogP contribution in [0.1, 0.15) is 28.7 Å². The standard InChI is InChI=1S/C21H22N6O4/c1-21(22,12-13-6-4-3-5-7-13)19-26-25-18(31-19)15-10-14(17(28)23-2)11-16(24-15)27-8-9-30-20(27)29/h3-7,10-11H,8-9,12,22H2,1-2H3,(H,23,28). The molecule has 1 aromatic carbocycles. The molecule has 10 heteroatoms. The normalized spacial score (nSPS) is 15.5. The number of nitrogens with one attached hydrogen (secondary N) is 1. The summed E-state index contributed by atoms with van der Waals surface area (Å²) in [6, 6.07) is 12.8. The van der Waals surface area contributed by atoms with Crippen LogP contribution in [0.2, 0.25) is 0 Å². The van der Waals surface area contributed by atoms with Crippen molar-refractivity contribution in [1.82, 2.24) is 20.5 Å². The van der Waals surface area contributed by atoms with Gasteiger partial charge in [0.05, 0.1) is 12.1 Å². The number of ether oxygens (including phenoxy) is 1. The number of pyridine rings is 1. The van der Waals surface area contributed by atoms with Crippen molar-refractivity contribution in [2.45, 2.75) is 18.9 Å². The zero-order chi connectivity index (χ0) is 22.0. The summed E-state index contributed by atoms with van der Waals surface area (Å²) in [4.78, 5) is 30.0. The van der Waals surface area contributed by atoms with Crippen molar-refractivity contribution in [3.63, 3.8) is 0 Å². The highest BCUT2D eigenvalue weighted by Gasteiger charge is 2.30. The van der Waals surface area contributed by atoms with Gasteiger partial charge in [0, 0.05) is 12.6 Å². The summed E-state index contributed by atoms with van der Waals surface area (Å²) >= 11 is 0. The molecular formula is C21H22N6O4. The molecule has 4 rings (SSSR count). The number of anilines is 1. The molecule has 1 saturated heterocycles. The van der Waals surface area contributed by atoms with Crippen LogP contribution >= 0.6 is 0 Å². The van der Waals surface area contributed by atoms with Gasteiger partial charge in [-0.25, -0.2) is 9.78 Å². The second-order valence-electron chi connectivity index (χ2n) is 7.44. The van der Waals surface area contributed by atoms with Crippen molar-refractivity contribution < 1.29 is 18.7 Å². The number of cyclic esters (lactones) is 1. The van der Waals surface area contributed by atoms with Gasteiger partial charge < -0.3 is 20.2 Å². The van der Waals surface area contributed by atoms with Gasteiger partial charge in [-0.1, -0.05) is 30.3 Å². The van der Waals surface area contributed by atoms with E-state index in [4.69, 9.17) is 14.9 Å². The molecule has 1 fully saturated rings. The Morgan fingerprint density at radius 1 is 1.26 bits per heavy atom. The molecule has 2 aromatic heterocycles. The highest BCUT2D eigenvalue weighted by molar-refractivity contribution is 5.97. The fourth-order valence-electron chi connectivity index (χ4n) is 3.29. The van der Waals surface area contributed by atoms with Crippen molar-refractivity contribution in [2.75, 3.05) is 25.1 Å². The highest BCUT2D eigenvalue weighted by atomic mass is 16.6. The Morgan fingerprint density at radius 2 is 2.03 bits per heavy atom. The van der Waals surface area contributed by atoms with Gasteiger partial charge in [0.25, 0.3) is 11.8 Å². The summed E-state index contributed by atoms with van der Waals surface area (Å²) < 4.78 is 10.8. The third kappa shape index (κ3) is 4.24. The summed E-state index contributed by atoms with van der Waals surface area (Å²) in [6.45, 7) is 2.38. The van der Waals surface area contributed by atoms with Gasteiger partial charge >= 0.3 is 6.09 Å². The van der Waals surface area contributed by atoms with E-state index in [1.807, 2.05) is 30.3 Å². The molecule has 31 heavy (non-hydrogen) atoms. The molecule has 1 atom stereocenters. The quantitative estimate of drug-likeness (QED) is 0.614. The number of aromatic nitrogens is 3. The summed E-state index contributed by atoms with van der Waals surface area (Å²) in [7, 11) is 1.51. The van der Waals surface area contributed by atoms with E-state index in [1.54, 1.807) is 6.92 Å². The monoisotopic (exact) mass is 422 g/mol. The highest BCUT2D eigenvalue weighted by Crippen LogP contribution is 2.28. The largest absolute Gasteiger partial charge is 0.447 e. The average molecular weight is 422 g/mol. The van der Waals surface area contributed by atoms with Gasteiger partial charge in [0.1, 0.15) is 18.1 Å². The zero-order valence-electron chi connectivity index (χ0n) is 17.2. The van der Waals surface area contributed by atoms with Crippen LogP contribution in [0.4, 0.5) is 10.6 Å².